The Kier molecular flexibility index (Phi) is 9.73. The van der Waals surface area contributed by atoms with Crippen molar-refractivity contribution in [2.45, 2.75) is 22.9 Å². The van der Waals surface area contributed by atoms with Crippen molar-refractivity contribution in [1.82, 2.24) is 19.6 Å². The minimum Gasteiger partial charge on any atom is -0.310 e. The highest BCUT2D eigenvalue weighted by molar-refractivity contribution is 6.36. The molecule has 0 radical (unpaired) electrons. The Morgan fingerprint density at radius 3 is 1.42 bits per heavy atom. The number of benzene rings is 4. The second-order valence-electron chi connectivity index (χ2n) is 14.8. The molecule has 4 fully saturated rings. The largest absolute Gasteiger partial charge is 0.332 e. The SMILES string of the molecule is [C-]#[N+]c1ccc(C2CN(CN3C[C@@H](c4ccc(C#N)cc4)[C@]4(C3)C(=O)N(c3cc(Cl)cc(Cl)c3)C(=O)N4C)C[C@]23C(=O)N(c2cc(Cl)cc(Cl)c2)C(=O)N3C)cc1. The second-order valence-corrected chi connectivity index (χ2v) is 16.5. The maximum Gasteiger partial charge on any atom is 0.332 e. The number of nitriles is 1. The van der Waals surface area contributed by atoms with E-state index in [-0.39, 0.29) is 51.2 Å². The number of amides is 6. The van der Waals surface area contributed by atoms with Crippen LogP contribution in [0.4, 0.5) is 26.7 Å². The van der Waals surface area contributed by atoms with E-state index in [1.54, 1.807) is 50.5 Å². The van der Waals surface area contributed by atoms with E-state index in [4.69, 9.17) is 53.0 Å². The molecular weight excluding hydrogens is 810 g/mol. The summed E-state index contributed by atoms with van der Waals surface area (Å²) in [6.45, 7) is 8.68. The summed E-state index contributed by atoms with van der Waals surface area (Å²) < 4.78 is 0. The van der Waals surface area contributed by atoms with Gasteiger partial charge in [-0.1, -0.05) is 82.8 Å². The Labute approximate surface area is 348 Å². The number of anilines is 2. The normalized spacial score (nSPS) is 25.1. The molecular formula is C41H32Cl4N8O4. The van der Waals surface area contributed by atoms with Crippen molar-refractivity contribution in [3.8, 4) is 6.07 Å². The molecule has 4 heterocycles. The van der Waals surface area contributed by atoms with Crippen molar-refractivity contribution in [2.24, 2.45) is 0 Å². The first kappa shape index (κ1) is 38.7. The van der Waals surface area contributed by atoms with Crippen molar-refractivity contribution in [1.29, 1.82) is 5.26 Å². The predicted molar refractivity (Wildman–Crippen MR) is 217 cm³/mol. The molecule has 57 heavy (non-hydrogen) atoms. The van der Waals surface area contributed by atoms with Gasteiger partial charge in [-0.05, 0) is 59.7 Å². The molecule has 0 aromatic heterocycles. The second kappa shape index (κ2) is 14.3. The molecule has 2 spiro atoms. The molecule has 1 unspecified atom stereocenters. The van der Waals surface area contributed by atoms with Crippen LogP contribution in [0.2, 0.25) is 20.1 Å². The van der Waals surface area contributed by atoms with Gasteiger partial charge < -0.3 is 9.80 Å². The zero-order chi connectivity index (χ0) is 40.6. The number of hydrogen-bond acceptors (Lipinski definition) is 7. The van der Waals surface area contributed by atoms with Crippen LogP contribution in [-0.4, -0.2) is 101 Å². The lowest BCUT2D eigenvalue weighted by Gasteiger charge is -2.34. The fourth-order valence-corrected chi connectivity index (χ4v) is 10.1. The van der Waals surface area contributed by atoms with Gasteiger partial charge in [0.2, 0.25) is 0 Å². The van der Waals surface area contributed by atoms with Crippen molar-refractivity contribution in [3.05, 3.63) is 133 Å². The first-order valence-electron chi connectivity index (χ1n) is 17.8. The summed E-state index contributed by atoms with van der Waals surface area (Å²) in [7, 11) is 3.21. The van der Waals surface area contributed by atoms with E-state index in [2.05, 4.69) is 20.7 Å². The first-order valence-corrected chi connectivity index (χ1v) is 19.3. The number of rotatable bonds is 6. The molecule has 288 valence electrons. The standard InChI is InChI=1S/C41H32Cl4N8O4/c1-47-31-10-8-26(9-11-31)35-20-51(22-41(35)37(55)53(39(57)49(41)3)33-16-29(44)13-30(45)17-33)23-50-19-34(25-6-4-24(18-46)5-7-25)40(21-50)36(54)52(38(56)48(40)2)32-14-27(42)12-28(43)15-32/h4-17,34-35H,19-23H2,2-3H3/t34-,35?,40+,41+/m0/s1. The molecule has 4 aliphatic rings. The van der Waals surface area contributed by atoms with Crippen LogP contribution in [0.3, 0.4) is 0 Å². The van der Waals surface area contributed by atoms with Gasteiger partial charge in [0.15, 0.2) is 5.69 Å². The topological polar surface area (TPSA) is 116 Å². The van der Waals surface area contributed by atoms with E-state index in [0.29, 0.717) is 24.3 Å². The van der Waals surface area contributed by atoms with Gasteiger partial charge in [0, 0.05) is 72.2 Å². The van der Waals surface area contributed by atoms with Gasteiger partial charge in [0.1, 0.15) is 11.1 Å². The third kappa shape index (κ3) is 6.11. The van der Waals surface area contributed by atoms with Crippen molar-refractivity contribution in [3.63, 3.8) is 0 Å². The van der Waals surface area contributed by atoms with Crippen LogP contribution in [0.1, 0.15) is 28.5 Å². The van der Waals surface area contributed by atoms with Crippen molar-refractivity contribution < 1.29 is 19.2 Å². The van der Waals surface area contributed by atoms with Crippen LogP contribution in [0.5, 0.6) is 0 Å². The fraction of sp³-hybridized carbons (Fsp3) is 0.268. The van der Waals surface area contributed by atoms with E-state index in [1.807, 2.05) is 12.1 Å². The summed E-state index contributed by atoms with van der Waals surface area (Å²) >= 11 is 25.3. The summed E-state index contributed by atoms with van der Waals surface area (Å²) in [5, 5.41) is 10.6. The molecule has 4 saturated heterocycles. The maximum absolute atomic E-state index is 14.8. The number of carbonyl (C=O) groups excluding carboxylic acids is 4. The van der Waals surface area contributed by atoms with Gasteiger partial charge >= 0.3 is 12.1 Å². The van der Waals surface area contributed by atoms with Gasteiger partial charge in [-0.25, -0.2) is 24.2 Å². The van der Waals surface area contributed by atoms with Gasteiger partial charge in [0.05, 0.1) is 36.2 Å². The average Bonchev–Trinajstić information content (AvgIpc) is 3.86. The van der Waals surface area contributed by atoms with Crippen LogP contribution < -0.4 is 9.80 Å². The molecule has 4 aliphatic heterocycles. The van der Waals surface area contributed by atoms with Gasteiger partial charge in [-0.2, -0.15) is 5.26 Å². The average molecular weight is 843 g/mol. The third-order valence-corrected chi connectivity index (χ3v) is 12.6. The molecule has 12 nitrogen and oxygen atoms in total. The highest BCUT2D eigenvalue weighted by Gasteiger charge is 2.67. The summed E-state index contributed by atoms with van der Waals surface area (Å²) in [6.07, 6.45) is 0. The Morgan fingerprint density at radius 2 is 1.05 bits per heavy atom. The highest BCUT2D eigenvalue weighted by Crippen LogP contribution is 2.50. The number of likely N-dealkylation sites (tertiary alicyclic amines) is 2. The highest BCUT2D eigenvalue weighted by atomic mass is 35.5. The van der Waals surface area contributed by atoms with Crippen LogP contribution in [0.15, 0.2) is 84.9 Å². The smallest absolute Gasteiger partial charge is 0.310 e. The fourth-order valence-electron chi connectivity index (χ4n) is 9.08. The molecule has 6 amide bonds. The Hall–Kier alpha value is -5.18. The lowest BCUT2D eigenvalue weighted by Crippen LogP contribution is -2.55. The van der Waals surface area contributed by atoms with E-state index >= 15 is 0 Å². The van der Waals surface area contributed by atoms with E-state index in [9.17, 15) is 24.4 Å². The van der Waals surface area contributed by atoms with E-state index in [1.165, 1.54) is 46.2 Å². The van der Waals surface area contributed by atoms with Gasteiger partial charge in [0.25, 0.3) is 11.8 Å². The molecule has 0 aliphatic carbocycles. The number of hydrogen-bond donors (Lipinski definition) is 0. The molecule has 0 saturated carbocycles. The number of nitrogens with zero attached hydrogens (tertiary/aromatic N) is 8. The van der Waals surface area contributed by atoms with Gasteiger partial charge in [-0.3, -0.25) is 19.4 Å². The van der Waals surface area contributed by atoms with E-state index in [0.717, 1.165) is 20.9 Å². The molecule has 4 aromatic carbocycles. The summed E-state index contributed by atoms with van der Waals surface area (Å²) in [5.41, 5.74) is 0.171. The third-order valence-electron chi connectivity index (χ3n) is 11.7. The first-order chi connectivity index (χ1) is 27.2. The Bertz CT molecular complexity index is 2240. The van der Waals surface area contributed by atoms with Crippen molar-refractivity contribution >= 4 is 87.3 Å². The molecule has 16 heteroatoms. The quantitative estimate of drug-likeness (QED) is 0.144. The zero-order valence-electron chi connectivity index (χ0n) is 30.5. The summed E-state index contributed by atoms with van der Waals surface area (Å²) in [4.78, 5) is 70.7. The molecule has 4 atom stereocenters. The number of carbonyl (C=O) groups is 4. The van der Waals surface area contributed by atoms with Gasteiger partial charge in [-0.15, -0.1) is 0 Å². The Morgan fingerprint density at radius 1 is 0.667 bits per heavy atom. The minimum absolute atomic E-state index is 0.132. The van der Waals surface area contributed by atoms with Crippen LogP contribution in [0, 0.1) is 17.9 Å². The molecule has 4 aromatic rings. The lowest BCUT2D eigenvalue weighted by atomic mass is 9.80. The van der Waals surface area contributed by atoms with Crippen LogP contribution in [-0.2, 0) is 9.59 Å². The molecule has 8 rings (SSSR count). The predicted octanol–water partition coefficient (Wildman–Crippen LogP) is 7.85. The Balaban J connectivity index is 1.17. The number of urea groups is 2. The monoisotopic (exact) mass is 840 g/mol. The number of likely N-dealkylation sites (N-methyl/N-ethyl adjacent to an activating group) is 2. The molecule has 0 bridgehead atoms. The minimum atomic E-state index is -1.37. The number of halogens is 4. The lowest BCUT2D eigenvalue weighted by molar-refractivity contribution is -0.125. The maximum atomic E-state index is 14.8. The van der Waals surface area contributed by atoms with Crippen LogP contribution in [0.25, 0.3) is 4.85 Å². The van der Waals surface area contributed by atoms with Crippen molar-refractivity contribution in [2.75, 3.05) is 56.7 Å². The summed E-state index contributed by atoms with van der Waals surface area (Å²) in [6, 6.07) is 24.2. The van der Waals surface area contributed by atoms with Crippen LogP contribution >= 0.6 is 46.4 Å². The zero-order valence-corrected chi connectivity index (χ0v) is 33.5. The van der Waals surface area contributed by atoms with E-state index < -0.39 is 46.8 Å². The molecule has 0 N–H and O–H groups in total. The summed E-state index contributed by atoms with van der Waals surface area (Å²) in [5.74, 6) is -1.95. The number of imide groups is 2.